The van der Waals surface area contributed by atoms with Crippen LogP contribution in [0.15, 0.2) is 23.2 Å². The van der Waals surface area contributed by atoms with Gasteiger partial charge in [0.25, 0.3) is 0 Å². The summed E-state index contributed by atoms with van der Waals surface area (Å²) in [4.78, 5) is 11.9. The van der Waals surface area contributed by atoms with Gasteiger partial charge in [0, 0.05) is 10.4 Å². The second-order valence-electron chi connectivity index (χ2n) is 4.11. The molecule has 0 fully saturated rings. The molecule has 1 unspecified atom stereocenters. The van der Waals surface area contributed by atoms with E-state index < -0.39 is 6.10 Å². The van der Waals surface area contributed by atoms with Crippen molar-refractivity contribution >= 4 is 33.5 Å². The highest BCUT2D eigenvalue weighted by Gasteiger charge is 2.35. The molecule has 0 radical (unpaired) electrons. The van der Waals surface area contributed by atoms with Gasteiger partial charge >= 0.3 is 5.97 Å². The predicted molar refractivity (Wildman–Crippen MR) is 75.9 cm³/mol. The summed E-state index contributed by atoms with van der Waals surface area (Å²) in [6.45, 7) is 6.07. The molecule has 18 heavy (non-hydrogen) atoms. The summed E-state index contributed by atoms with van der Waals surface area (Å²) < 4.78 is 11.3. The van der Waals surface area contributed by atoms with Crippen LogP contribution in [0.5, 0.6) is 0 Å². The second kappa shape index (κ2) is 7.97. The molecule has 0 aromatic carbocycles. The van der Waals surface area contributed by atoms with Crippen LogP contribution in [0.25, 0.3) is 0 Å². The molecule has 0 aromatic heterocycles. The number of ether oxygens (including phenoxy) is 2. The lowest BCUT2D eigenvalue weighted by Crippen LogP contribution is -2.39. The van der Waals surface area contributed by atoms with Crippen LogP contribution in [0.1, 0.15) is 19.8 Å². The summed E-state index contributed by atoms with van der Waals surface area (Å²) in [5.41, 5.74) is 0. The van der Waals surface area contributed by atoms with Gasteiger partial charge in [-0.25, -0.2) is 4.79 Å². The third kappa shape index (κ3) is 4.75. The van der Waals surface area contributed by atoms with Crippen LogP contribution < -0.4 is 0 Å². The molecule has 0 saturated carbocycles. The molecular weight excluding hydrogens is 319 g/mol. The van der Waals surface area contributed by atoms with Gasteiger partial charge in [-0.1, -0.05) is 34.7 Å². The van der Waals surface area contributed by atoms with Crippen LogP contribution in [-0.2, 0) is 14.3 Å². The van der Waals surface area contributed by atoms with Crippen molar-refractivity contribution in [2.24, 2.45) is 5.92 Å². The van der Waals surface area contributed by atoms with Crippen LogP contribution in [0.3, 0.4) is 0 Å². The maximum absolute atomic E-state index is 11.9. The van der Waals surface area contributed by atoms with Gasteiger partial charge < -0.3 is 9.47 Å². The molecule has 0 spiro atoms. The van der Waals surface area contributed by atoms with Crippen molar-refractivity contribution in [2.45, 2.75) is 31.2 Å². The first-order valence-electron chi connectivity index (χ1n) is 5.98. The molecule has 0 heterocycles. The normalized spacial score (nSPS) is 24.6. The van der Waals surface area contributed by atoms with Crippen molar-refractivity contribution in [2.75, 3.05) is 13.2 Å². The quantitative estimate of drug-likeness (QED) is 0.423. The van der Waals surface area contributed by atoms with E-state index in [2.05, 4.69) is 22.5 Å². The number of hydrogen-bond donors (Lipinski definition) is 0. The zero-order valence-electron chi connectivity index (χ0n) is 10.4. The van der Waals surface area contributed by atoms with Gasteiger partial charge in [0.15, 0.2) is 6.10 Å². The minimum Gasteiger partial charge on any atom is -0.464 e. The largest absolute Gasteiger partial charge is 0.464 e. The SMILES string of the molecule is C=C(Br)COC(C(=O)OCC)[C@@H]1CCC=C[C@@H]1Cl. The lowest BCUT2D eigenvalue weighted by Gasteiger charge is -2.29. The molecule has 0 aliphatic heterocycles. The molecule has 3 atom stereocenters. The molecule has 102 valence electrons. The summed E-state index contributed by atoms with van der Waals surface area (Å²) in [6.07, 6.45) is 5.03. The van der Waals surface area contributed by atoms with Crippen LogP contribution in [0, 0.1) is 5.92 Å². The Bertz CT molecular complexity index is 330. The highest BCUT2D eigenvalue weighted by molar-refractivity contribution is 9.11. The highest BCUT2D eigenvalue weighted by Crippen LogP contribution is 2.29. The van der Waals surface area contributed by atoms with Crippen molar-refractivity contribution < 1.29 is 14.3 Å². The maximum Gasteiger partial charge on any atom is 0.335 e. The Hall–Kier alpha value is -0.320. The molecule has 0 bridgehead atoms. The topological polar surface area (TPSA) is 35.5 Å². The zero-order chi connectivity index (χ0) is 13.5. The average molecular weight is 338 g/mol. The molecule has 0 saturated heterocycles. The number of carbonyl (C=O) groups excluding carboxylic acids is 1. The fraction of sp³-hybridized carbons (Fsp3) is 0.615. The third-order valence-electron chi connectivity index (χ3n) is 2.72. The first-order valence-corrected chi connectivity index (χ1v) is 7.21. The van der Waals surface area contributed by atoms with E-state index in [4.69, 9.17) is 21.1 Å². The Kier molecular flexibility index (Phi) is 6.97. The molecular formula is C13H18BrClO3. The van der Waals surface area contributed by atoms with Crippen molar-refractivity contribution in [3.63, 3.8) is 0 Å². The number of carbonyl (C=O) groups is 1. The van der Waals surface area contributed by atoms with E-state index in [-0.39, 0.29) is 23.9 Å². The number of allylic oxidation sites excluding steroid dienone is 2. The van der Waals surface area contributed by atoms with Gasteiger partial charge in [0.1, 0.15) is 0 Å². The molecule has 0 amide bonds. The average Bonchev–Trinajstić information content (AvgIpc) is 2.31. The van der Waals surface area contributed by atoms with E-state index in [1.807, 2.05) is 12.2 Å². The first-order chi connectivity index (χ1) is 8.56. The van der Waals surface area contributed by atoms with Gasteiger partial charge in [-0.2, -0.15) is 0 Å². The monoisotopic (exact) mass is 336 g/mol. The number of esters is 1. The predicted octanol–water partition coefficient (Wildman–Crippen LogP) is 3.42. The van der Waals surface area contributed by atoms with Crippen LogP contribution >= 0.6 is 27.5 Å². The molecule has 1 aliphatic carbocycles. The fourth-order valence-corrected chi connectivity index (χ4v) is 2.40. The van der Waals surface area contributed by atoms with E-state index in [0.717, 1.165) is 12.8 Å². The summed E-state index contributed by atoms with van der Waals surface area (Å²) in [5, 5.41) is -0.197. The van der Waals surface area contributed by atoms with Crippen molar-refractivity contribution in [3.8, 4) is 0 Å². The molecule has 5 heteroatoms. The van der Waals surface area contributed by atoms with Gasteiger partial charge in [-0.05, 0) is 19.8 Å². The van der Waals surface area contributed by atoms with E-state index >= 15 is 0 Å². The number of rotatable bonds is 6. The van der Waals surface area contributed by atoms with Gasteiger partial charge in [0.05, 0.1) is 18.6 Å². The van der Waals surface area contributed by atoms with Crippen molar-refractivity contribution in [1.82, 2.24) is 0 Å². The molecule has 0 N–H and O–H groups in total. The number of halogens is 2. The molecule has 0 aromatic rings. The minimum atomic E-state index is -0.633. The Morgan fingerprint density at radius 1 is 1.67 bits per heavy atom. The Morgan fingerprint density at radius 2 is 2.39 bits per heavy atom. The third-order valence-corrected chi connectivity index (χ3v) is 3.42. The molecule has 1 aliphatic rings. The Morgan fingerprint density at radius 3 is 2.94 bits per heavy atom. The summed E-state index contributed by atoms with van der Waals surface area (Å²) in [7, 11) is 0. The summed E-state index contributed by atoms with van der Waals surface area (Å²) in [5.74, 6) is -0.403. The molecule has 3 nitrogen and oxygen atoms in total. The van der Waals surface area contributed by atoms with Gasteiger partial charge in [-0.3, -0.25) is 0 Å². The van der Waals surface area contributed by atoms with Gasteiger partial charge in [-0.15, -0.1) is 11.6 Å². The second-order valence-corrected chi connectivity index (χ2v) is 5.74. The molecule has 1 rings (SSSR count). The summed E-state index contributed by atoms with van der Waals surface area (Å²) >= 11 is 9.44. The lowest BCUT2D eigenvalue weighted by molar-refractivity contribution is -0.159. The van der Waals surface area contributed by atoms with E-state index in [9.17, 15) is 4.79 Å². The highest BCUT2D eigenvalue weighted by atomic mass is 79.9. The van der Waals surface area contributed by atoms with Crippen molar-refractivity contribution in [1.29, 1.82) is 0 Å². The van der Waals surface area contributed by atoms with E-state index in [1.54, 1.807) is 6.92 Å². The van der Waals surface area contributed by atoms with E-state index in [0.29, 0.717) is 11.1 Å². The zero-order valence-corrected chi connectivity index (χ0v) is 12.7. The van der Waals surface area contributed by atoms with Crippen molar-refractivity contribution in [3.05, 3.63) is 23.2 Å². The first kappa shape index (κ1) is 15.7. The number of alkyl halides is 1. The van der Waals surface area contributed by atoms with Crippen LogP contribution in [0.4, 0.5) is 0 Å². The van der Waals surface area contributed by atoms with Gasteiger partial charge in [0.2, 0.25) is 0 Å². The lowest BCUT2D eigenvalue weighted by atomic mass is 9.88. The fourth-order valence-electron chi connectivity index (χ4n) is 1.91. The maximum atomic E-state index is 11.9. The smallest absolute Gasteiger partial charge is 0.335 e. The van der Waals surface area contributed by atoms with Crippen LogP contribution in [-0.4, -0.2) is 30.7 Å². The number of hydrogen-bond acceptors (Lipinski definition) is 3. The minimum absolute atomic E-state index is 0.0532. The summed E-state index contributed by atoms with van der Waals surface area (Å²) in [6, 6.07) is 0. The standard InChI is InChI=1S/C13H18BrClO3/c1-3-17-13(16)12(18-8-9(2)14)10-6-4-5-7-11(10)15/h5,7,10-12H,2-4,6,8H2,1H3/t10-,11+,12?/m1/s1. The Balaban J connectivity index is 2.71. The Labute approximate surface area is 121 Å². The van der Waals surface area contributed by atoms with Crippen LogP contribution in [0.2, 0.25) is 0 Å². The van der Waals surface area contributed by atoms with E-state index in [1.165, 1.54) is 0 Å².